The van der Waals surface area contributed by atoms with Crippen LogP contribution in [0.25, 0.3) is 16.5 Å². The summed E-state index contributed by atoms with van der Waals surface area (Å²) in [6.45, 7) is 2.05. The molecule has 5 rings (SSSR count). The van der Waals surface area contributed by atoms with E-state index in [9.17, 15) is 9.90 Å². The van der Waals surface area contributed by atoms with Gasteiger partial charge in [0, 0.05) is 28.3 Å². The fraction of sp³-hybridized carbons (Fsp3) is 0.280. The van der Waals surface area contributed by atoms with E-state index in [0.29, 0.717) is 22.2 Å². The van der Waals surface area contributed by atoms with Crippen LogP contribution in [0.15, 0.2) is 54.3 Å². The van der Waals surface area contributed by atoms with Gasteiger partial charge in [-0.15, -0.1) is 0 Å². The number of Topliss-reactive ketones (excluding diaryl/α,β-unsaturated/α-hetero) is 1. The standard InChI is InChI=1S/C25H22ClNO3/c1-2-14-5-8-19(30-22-10-6-15-12-18(26)7-9-21(15)27-22)13-20(14)23-24(28)16-3-4-17(11-16)25(23)29/h5-10,12-13,16-17,28H,2-4,11H2,1H3. The smallest absolute Gasteiger partial charge is 0.219 e. The largest absolute Gasteiger partial charge is 0.511 e. The van der Waals surface area contributed by atoms with Crippen molar-refractivity contribution in [2.75, 3.05) is 0 Å². The van der Waals surface area contributed by atoms with Crippen LogP contribution in [-0.2, 0) is 11.2 Å². The molecule has 2 aliphatic rings. The Kier molecular flexibility index (Phi) is 4.75. The second kappa shape index (κ2) is 7.44. The Morgan fingerprint density at radius 3 is 2.77 bits per heavy atom. The van der Waals surface area contributed by atoms with Crippen LogP contribution < -0.4 is 4.74 Å². The molecular weight excluding hydrogens is 398 g/mol. The molecule has 0 spiro atoms. The number of pyridine rings is 1. The number of nitrogens with zero attached hydrogens (tertiary/aromatic N) is 1. The number of ether oxygens (including phenoxy) is 1. The summed E-state index contributed by atoms with van der Waals surface area (Å²) in [5.41, 5.74) is 3.08. The minimum Gasteiger partial charge on any atom is -0.511 e. The van der Waals surface area contributed by atoms with Crippen LogP contribution in [0.4, 0.5) is 0 Å². The molecule has 0 amide bonds. The highest BCUT2D eigenvalue weighted by Crippen LogP contribution is 2.46. The number of ketones is 1. The molecule has 3 aromatic rings. The lowest BCUT2D eigenvalue weighted by molar-refractivity contribution is -0.117. The first-order chi connectivity index (χ1) is 14.5. The first kappa shape index (κ1) is 19.1. The molecule has 2 atom stereocenters. The second-order valence-electron chi connectivity index (χ2n) is 8.09. The highest BCUT2D eigenvalue weighted by atomic mass is 35.5. The van der Waals surface area contributed by atoms with Gasteiger partial charge in [-0.25, -0.2) is 4.98 Å². The van der Waals surface area contributed by atoms with Gasteiger partial charge >= 0.3 is 0 Å². The van der Waals surface area contributed by atoms with Crippen LogP contribution >= 0.6 is 11.6 Å². The molecule has 30 heavy (non-hydrogen) atoms. The van der Waals surface area contributed by atoms with E-state index in [1.165, 1.54) is 0 Å². The maximum atomic E-state index is 13.0. The van der Waals surface area contributed by atoms with E-state index >= 15 is 0 Å². The lowest BCUT2D eigenvalue weighted by Gasteiger charge is -2.23. The summed E-state index contributed by atoms with van der Waals surface area (Å²) >= 11 is 6.05. The van der Waals surface area contributed by atoms with Crippen molar-refractivity contribution < 1.29 is 14.6 Å². The minimum absolute atomic E-state index is 0.0316. The molecule has 0 aliphatic heterocycles. The zero-order valence-electron chi connectivity index (χ0n) is 16.7. The van der Waals surface area contributed by atoms with Crippen molar-refractivity contribution in [2.24, 2.45) is 11.8 Å². The normalized spacial score (nSPS) is 20.8. The van der Waals surface area contributed by atoms with Gasteiger partial charge in [0.2, 0.25) is 5.88 Å². The monoisotopic (exact) mass is 419 g/mol. The number of hydrogen-bond donors (Lipinski definition) is 1. The molecule has 4 nitrogen and oxygen atoms in total. The van der Waals surface area contributed by atoms with Gasteiger partial charge in [0.25, 0.3) is 0 Å². The summed E-state index contributed by atoms with van der Waals surface area (Å²) in [6.07, 6.45) is 3.29. The van der Waals surface area contributed by atoms with E-state index in [0.717, 1.165) is 47.7 Å². The van der Waals surface area contributed by atoms with Crippen molar-refractivity contribution in [3.8, 4) is 11.6 Å². The number of aliphatic hydroxyl groups is 1. The number of aromatic nitrogens is 1. The lowest BCUT2D eigenvalue weighted by atomic mass is 9.81. The predicted octanol–water partition coefficient (Wildman–Crippen LogP) is 6.51. The molecule has 2 unspecified atom stereocenters. The van der Waals surface area contributed by atoms with E-state index in [2.05, 4.69) is 11.9 Å². The molecule has 152 valence electrons. The van der Waals surface area contributed by atoms with Gasteiger partial charge < -0.3 is 9.84 Å². The lowest BCUT2D eigenvalue weighted by Crippen LogP contribution is -2.21. The molecule has 1 aromatic heterocycles. The Labute approximate surface area is 180 Å². The van der Waals surface area contributed by atoms with Crippen molar-refractivity contribution in [1.82, 2.24) is 4.98 Å². The van der Waals surface area contributed by atoms with Crippen LogP contribution in [0.5, 0.6) is 11.6 Å². The van der Waals surface area contributed by atoms with Gasteiger partial charge in [-0.1, -0.05) is 24.6 Å². The summed E-state index contributed by atoms with van der Waals surface area (Å²) in [4.78, 5) is 17.6. The summed E-state index contributed by atoms with van der Waals surface area (Å²) in [5, 5.41) is 12.4. The van der Waals surface area contributed by atoms with Gasteiger partial charge in [0.15, 0.2) is 5.78 Å². The molecule has 2 aromatic carbocycles. The third kappa shape index (κ3) is 3.25. The van der Waals surface area contributed by atoms with Crippen LogP contribution in [-0.4, -0.2) is 15.9 Å². The predicted molar refractivity (Wildman–Crippen MR) is 118 cm³/mol. The van der Waals surface area contributed by atoms with Crippen LogP contribution in [0.3, 0.4) is 0 Å². The van der Waals surface area contributed by atoms with Crippen LogP contribution in [0, 0.1) is 11.8 Å². The van der Waals surface area contributed by atoms with E-state index < -0.39 is 0 Å². The number of rotatable bonds is 4. The van der Waals surface area contributed by atoms with Crippen molar-refractivity contribution in [2.45, 2.75) is 32.6 Å². The van der Waals surface area contributed by atoms with E-state index in [-0.39, 0.29) is 23.4 Å². The number of aliphatic hydroxyl groups excluding tert-OH is 1. The summed E-state index contributed by atoms with van der Waals surface area (Å²) in [6, 6.07) is 14.9. The molecule has 2 aliphatic carbocycles. The fourth-order valence-electron chi connectivity index (χ4n) is 4.69. The number of hydrogen-bond acceptors (Lipinski definition) is 4. The average Bonchev–Trinajstić information content (AvgIpc) is 3.20. The highest BCUT2D eigenvalue weighted by Gasteiger charge is 2.41. The number of carbonyl (C=O) groups excluding carboxylic acids is 1. The molecule has 1 N–H and O–H groups in total. The molecule has 5 heteroatoms. The Morgan fingerprint density at radius 2 is 1.93 bits per heavy atom. The number of carbonyl (C=O) groups is 1. The first-order valence-corrected chi connectivity index (χ1v) is 10.8. The zero-order chi connectivity index (χ0) is 20.8. The quantitative estimate of drug-likeness (QED) is 0.523. The van der Waals surface area contributed by atoms with Crippen LogP contribution in [0.2, 0.25) is 5.02 Å². The zero-order valence-corrected chi connectivity index (χ0v) is 17.4. The summed E-state index contributed by atoms with van der Waals surface area (Å²) in [5.74, 6) is 1.51. The van der Waals surface area contributed by atoms with Gasteiger partial charge in [-0.2, -0.15) is 0 Å². The maximum absolute atomic E-state index is 13.0. The molecule has 2 bridgehead atoms. The van der Waals surface area contributed by atoms with Crippen molar-refractivity contribution in [3.05, 3.63) is 70.4 Å². The topological polar surface area (TPSA) is 59.4 Å². The summed E-state index contributed by atoms with van der Waals surface area (Å²) in [7, 11) is 0. The van der Waals surface area contributed by atoms with Gasteiger partial charge in [0.1, 0.15) is 11.5 Å². The average molecular weight is 420 g/mol. The molecule has 1 heterocycles. The third-order valence-corrected chi connectivity index (χ3v) is 6.51. The molecule has 1 fully saturated rings. The third-order valence-electron chi connectivity index (χ3n) is 6.27. The number of allylic oxidation sites excluding steroid dienone is 2. The summed E-state index contributed by atoms with van der Waals surface area (Å²) < 4.78 is 6.03. The Hall–Kier alpha value is -2.85. The van der Waals surface area contributed by atoms with E-state index in [1.54, 1.807) is 12.1 Å². The molecule has 0 radical (unpaired) electrons. The van der Waals surface area contributed by atoms with E-state index in [1.807, 2.05) is 36.4 Å². The fourth-order valence-corrected chi connectivity index (χ4v) is 4.87. The van der Waals surface area contributed by atoms with Gasteiger partial charge in [0.05, 0.1) is 11.1 Å². The molecule has 0 saturated heterocycles. The molecular formula is C25H22ClNO3. The van der Waals surface area contributed by atoms with E-state index in [4.69, 9.17) is 16.3 Å². The Morgan fingerprint density at radius 1 is 1.10 bits per heavy atom. The molecule has 1 saturated carbocycles. The SMILES string of the molecule is CCc1ccc(Oc2ccc3cc(Cl)ccc3n2)cc1C1=C(O)C2CCC(C2)C1=O. The van der Waals surface area contributed by atoms with Crippen molar-refractivity contribution in [3.63, 3.8) is 0 Å². The highest BCUT2D eigenvalue weighted by molar-refractivity contribution is 6.31. The number of benzene rings is 2. The first-order valence-electron chi connectivity index (χ1n) is 10.4. The Balaban J connectivity index is 1.53. The number of aryl methyl sites for hydroxylation is 1. The number of fused-ring (bicyclic) bond motifs is 3. The maximum Gasteiger partial charge on any atom is 0.219 e. The minimum atomic E-state index is 0.0316. The van der Waals surface area contributed by atoms with Crippen molar-refractivity contribution in [1.29, 1.82) is 0 Å². The second-order valence-corrected chi connectivity index (χ2v) is 8.53. The van der Waals surface area contributed by atoms with Gasteiger partial charge in [-0.3, -0.25) is 4.79 Å². The van der Waals surface area contributed by atoms with Gasteiger partial charge in [-0.05, 0) is 73.2 Å². The Bertz CT molecular complexity index is 1200. The van der Waals surface area contributed by atoms with Crippen LogP contribution in [0.1, 0.15) is 37.3 Å². The van der Waals surface area contributed by atoms with Crippen molar-refractivity contribution >= 4 is 33.9 Å². The number of halogens is 1.